The highest BCUT2D eigenvalue weighted by molar-refractivity contribution is 6.30. The van der Waals surface area contributed by atoms with Crippen LogP contribution in [-0.2, 0) is 0 Å². The van der Waals surface area contributed by atoms with Gasteiger partial charge < -0.3 is 4.85 Å². The molecule has 1 aromatic rings. The van der Waals surface area contributed by atoms with Gasteiger partial charge in [0.15, 0.2) is 0 Å². The van der Waals surface area contributed by atoms with Crippen molar-refractivity contribution in [1.29, 1.82) is 0 Å². The van der Waals surface area contributed by atoms with Crippen LogP contribution in [0.1, 0.15) is 12.0 Å². The lowest BCUT2D eigenvalue weighted by molar-refractivity contribution is 0.854. The van der Waals surface area contributed by atoms with Gasteiger partial charge in [-0.1, -0.05) is 29.8 Å². The molecule has 1 fully saturated rings. The Morgan fingerprint density at radius 3 is 2.53 bits per heavy atom. The molecule has 1 aromatic carbocycles. The number of rotatable bonds is 1. The van der Waals surface area contributed by atoms with E-state index in [1.54, 1.807) is 0 Å². The second kappa shape index (κ2) is 3.12. The van der Waals surface area contributed by atoms with Gasteiger partial charge in [-0.3, -0.25) is 0 Å². The Kier molecular flexibility index (Phi) is 1.87. The minimum absolute atomic E-state index is 0.279. The standard InChI is InChI=1S/C13H10ClN/c1-15-13-11-6-9(7-12(11)13)8-2-4-10(14)5-3-8/h2-6,11-13H,7H2/t11-,12+,13+/m0/s1. The van der Waals surface area contributed by atoms with Crippen molar-refractivity contribution in [2.24, 2.45) is 11.8 Å². The van der Waals surface area contributed by atoms with E-state index < -0.39 is 0 Å². The van der Waals surface area contributed by atoms with Gasteiger partial charge in [-0.2, -0.15) is 0 Å². The topological polar surface area (TPSA) is 4.36 Å². The molecule has 15 heavy (non-hydrogen) atoms. The van der Waals surface area contributed by atoms with Crippen molar-refractivity contribution in [2.45, 2.75) is 12.5 Å². The Hall–Kier alpha value is -1.26. The van der Waals surface area contributed by atoms with Gasteiger partial charge >= 0.3 is 0 Å². The maximum absolute atomic E-state index is 6.99. The van der Waals surface area contributed by atoms with Crippen LogP contribution in [0, 0.1) is 18.4 Å². The molecular formula is C13H10ClN. The zero-order chi connectivity index (χ0) is 10.4. The van der Waals surface area contributed by atoms with Crippen molar-refractivity contribution in [1.82, 2.24) is 0 Å². The smallest absolute Gasteiger partial charge is 0.234 e. The predicted octanol–water partition coefficient (Wildman–Crippen LogP) is 3.66. The van der Waals surface area contributed by atoms with Gasteiger partial charge in [0.25, 0.3) is 0 Å². The first-order valence-electron chi connectivity index (χ1n) is 5.13. The highest BCUT2D eigenvalue weighted by atomic mass is 35.5. The number of hydrogen-bond donors (Lipinski definition) is 0. The monoisotopic (exact) mass is 215 g/mol. The average molecular weight is 216 g/mol. The molecule has 0 saturated heterocycles. The van der Waals surface area contributed by atoms with Crippen LogP contribution in [0.15, 0.2) is 30.3 Å². The number of fused-ring (bicyclic) bond motifs is 1. The number of allylic oxidation sites excluding steroid dienone is 1. The Balaban J connectivity index is 1.84. The van der Waals surface area contributed by atoms with Crippen molar-refractivity contribution in [3.8, 4) is 0 Å². The third kappa shape index (κ3) is 1.37. The quantitative estimate of drug-likeness (QED) is 0.630. The maximum Gasteiger partial charge on any atom is 0.234 e. The molecule has 0 bridgehead atoms. The van der Waals surface area contributed by atoms with Gasteiger partial charge in [-0.15, -0.1) is 0 Å². The molecule has 3 rings (SSSR count). The van der Waals surface area contributed by atoms with Crippen LogP contribution in [0.4, 0.5) is 0 Å². The molecule has 2 aliphatic rings. The molecule has 0 amide bonds. The molecule has 0 aromatic heterocycles. The SMILES string of the molecule is [C-]#[N+][C@@H]1[C@H]2C=C(c3ccc(Cl)cc3)C[C@H]21. The third-order valence-electron chi connectivity index (χ3n) is 3.40. The van der Waals surface area contributed by atoms with E-state index in [-0.39, 0.29) is 6.04 Å². The summed E-state index contributed by atoms with van der Waals surface area (Å²) in [5.74, 6) is 1.14. The van der Waals surface area contributed by atoms with Crippen molar-refractivity contribution < 1.29 is 0 Å². The van der Waals surface area contributed by atoms with E-state index in [1.165, 1.54) is 11.1 Å². The summed E-state index contributed by atoms with van der Waals surface area (Å²) in [6.07, 6.45) is 3.34. The predicted molar refractivity (Wildman–Crippen MR) is 61.4 cm³/mol. The summed E-state index contributed by atoms with van der Waals surface area (Å²) in [5, 5.41) is 0.779. The Bertz CT molecular complexity index is 466. The molecule has 0 heterocycles. The lowest BCUT2D eigenvalue weighted by atomic mass is 10.0. The minimum Gasteiger partial charge on any atom is -0.313 e. The van der Waals surface area contributed by atoms with E-state index in [4.69, 9.17) is 18.2 Å². The molecule has 2 aliphatic carbocycles. The van der Waals surface area contributed by atoms with Crippen LogP contribution < -0.4 is 0 Å². The molecule has 0 unspecified atom stereocenters. The van der Waals surface area contributed by atoms with Gasteiger partial charge in [0.2, 0.25) is 6.04 Å². The molecule has 0 aliphatic heterocycles. The zero-order valence-electron chi connectivity index (χ0n) is 8.15. The van der Waals surface area contributed by atoms with Gasteiger partial charge in [0.05, 0.1) is 11.8 Å². The molecule has 3 atom stereocenters. The minimum atomic E-state index is 0.279. The first kappa shape index (κ1) is 9.00. The Labute approximate surface area is 94.2 Å². The zero-order valence-corrected chi connectivity index (χ0v) is 8.91. The van der Waals surface area contributed by atoms with Crippen LogP contribution in [-0.4, -0.2) is 6.04 Å². The fraction of sp³-hybridized carbons (Fsp3) is 0.308. The van der Waals surface area contributed by atoms with Gasteiger partial charge in [-0.05, 0) is 29.7 Å². The molecule has 74 valence electrons. The molecule has 0 N–H and O–H groups in total. The van der Waals surface area contributed by atoms with Crippen LogP contribution in [0.5, 0.6) is 0 Å². The van der Waals surface area contributed by atoms with Gasteiger partial charge in [0, 0.05) is 5.02 Å². The van der Waals surface area contributed by atoms with E-state index in [2.05, 4.69) is 23.1 Å². The summed E-state index contributed by atoms with van der Waals surface area (Å²) >= 11 is 5.84. The average Bonchev–Trinajstić information content (AvgIpc) is 2.72. The highest BCUT2D eigenvalue weighted by Crippen LogP contribution is 2.54. The largest absolute Gasteiger partial charge is 0.313 e. The molecule has 1 nitrogen and oxygen atoms in total. The number of halogens is 1. The van der Waals surface area contributed by atoms with Crippen molar-refractivity contribution >= 4 is 17.2 Å². The summed E-state index contributed by atoms with van der Waals surface area (Å²) in [7, 11) is 0. The number of nitrogens with zero attached hydrogens (tertiary/aromatic N) is 1. The van der Waals surface area contributed by atoms with Crippen LogP contribution in [0.25, 0.3) is 10.4 Å². The van der Waals surface area contributed by atoms with Crippen LogP contribution >= 0.6 is 11.6 Å². The Morgan fingerprint density at radius 1 is 1.27 bits per heavy atom. The second-order valence-corrected chi connectivity index (χ2v) is 4.70. The third-order valence-corrected chi connectivity index (χ3v) is 3.65. The van der Waals surface area contributed by atoms with Gasteiger partial charge in [0.1, 0.15) is 0 Å². The fourth-order valence-electron chi connectivity index (χ4n) is 2.47. The van der Waals surface area contributed by atoms with Gasteiger partial charge in [-0.25, -0.2) is 6.57 Å². The molecule has 2 heteroatoms. The molecule has 1 saturated carbocycles. The summed E-state index contributed by atoms with van der Waals surface area (Å²) in [6.45, 7) is 6.99. The van der Waals surface area contributed by atoms with Crippen LogP contribution in [0.3, 0.4) is 0 Å². The van der Waals surface area contributed by atoms with Crippen molar-refractivity contribution in [3.63, 3.8) is 0 Å². The fourth-order valence-corrected chi connectivity index (χ4v) is 2.60. The highest BCUT2D eigenvalue weighted by Gasteiger charge is 2.59. The Morgan fingerprint density at radius 2 is 2.00 bits per heavy atom. The summed E-state index contributed by atoms with van der Waals surface area (Å²) in [6, 6.07) is 8.25. The van der Waals surface area contributed by atoms with Crippen LogP contribution in [0.2, 0.25) is 5.02 Å². The molecule has 0 spiro atoms. The van der Waals surface area contributed by atoms with E-state index in [0.29, 0.717) is 11.8 Å². The number of benzene rings is 1. The van der Waals surface area contributed by atoms with Crippen molar-refractivity contribution in [2.75, 3.05) is 0 Å². The molecular weight excluding hydrogens is 206 g/mol. The number of hydrogen-bond acceptors (Lipinski definition) is 0. The van der Waals surface area contributed by atoms with E-state index >= 15 is 0 Å². The summed E-state index contributed by atoms with van der Waals surface area (Å²) < 4.78 is 0. The normalized spacial score (nSPS) is 31.7. The first-order chi connectivity index (χ1) is 7.29. The summed E-state index contributed by atoms with van der Waals surface area (Å²) in [4.78, 5) is 3.61. The van der Waals surface area contributed by atoms with E-state index in [0.717, 1.165) is 11.4 Å². The van der Waals surface area contributed by atoms with E-state index in [9.17, 15) is 0 Å². The molecule has 0 radical (unpaired) electrons. The first-order valence-corrected chi connectivity index (χ1v) is 5.50. The lowest BCUT2D eigenvalue weighted by Gasteiger charge is -2.03. The second-order valence-electron chi connectivity index (χ2n) is 4.26. The lowest BCUT2D eigenvalue weighted by Crippen LogP contribution is -1.88. The summed E-state index contributed by atoms with van der Waals surface area (Å²) in [5.41, 5.74) is 2.65. The van der Waals surface area contributed by atoms with Crippen molar-refractivity contribution in [3.05, 3.63) is 52.3 Å². The maximum atomic E-state index is 6.99. The van der Waals surface area contributed by atoms with E-state index in [1.807, 2.05) is 12.1 Å².